The minimum Gasteiger partial charge on any atom is -0.497 e. The van der Waals surface area contributed by atoms with Gasteiger partial charge in [0.05, 0.1) is 31.7 Å². The molecule has 2 fully saturated rings. The van der Waals surface area contributed by atoms with Crippen LogP contribution < -0.4 is 4.74 Å². The minimum absolute atomic E-state index is 0.0366. The summed E-state index contributed by atoms with van der Waals surface area (Å²) < 4.78 is 17.7. The van der Waals surface area contributed by atoms with Gasteiger partial charge in [-0.2, -0.15) is 0 Å². The van der Waals surface area contributed by atoms with E-state index in [1.807, 2.05) is 19.1 Å². The molecule has 6 nitrogen and oxygen atoms in total. The summed E-state index contributed by atoms with van der Waals surface area (Å²) in [4.78, 5) is 26.4. The first-order valence-corrected chi connectivity index (χ1v) is 14.9. The molecule has 4 rings (SSSR count). The molecule has 0 unspecified atom stereocenters. The second-order valence-corrected chi connectivity index (χ2v) is 16.5. The van der Waals surface area contributed by atoms with Gasteiger partial charge in [0, 0.05) is 5.92 Å². The maximum absolute atomic E-state index is 13.5. The molecule has 6 atom stereocenters. The van der Waals surface area contributed by atoms with Crippen LogP contribution in [0.25, 0.3) is 0 Å². The van der Waals surface area contributed by atoms with Crippen LogP contribution in [0, 0.1) is 30.1 Å². The quantitative estimate of drug-likeness (QED) is 0.481. The van der Waals surface area contributed by atoms with Crippen molar-refractivity contribution in [2.24, 2.45) is 23.2 Å². The Morgan fingerprint density at radius 1 is 1.18 bits per heavy atom. The molecule has 1 aromatic rings. The molecule has 1 aromatic carbocycles. The van der Waals surface area contributed by atoms with Crippen LogP contribution in [0.1, 0.15) is 56.2 Å². The first kappa shape index (κ1) is 24.3. The Morgan fingerprint density at radius 3 is 2.39 bits per heavy atom. The molecule has 2 saturated carbocycles. The number of carboxylic acid groups (broad SMARTS) is 1. The number of ether oxygens (including phenoxy) is 2. The van der Waals surface area contributed by atoms with Crippen molar-refractivity contribution in [2.75, 3.05) is 14.2 Å². The lowest BCUT2D eigenvalue weighted by Gasteiger charge is -2.53. The molecule has 0 saturated heterocycles. The van der Waals surface area contributed by atoms with E-state index < -0.39 is 37.6 Å². The van der Waals surface area contributed by atoms with Gasteiger partial charge in [-0.05, 0) is 85.0 Å². The average Bonchev–Trinajstić information content (AvgIpc) is 3.53. The standard InChI is InChI=1S/C26H38O6Si/c1-14-11-16(30-5)12-15-9-10-26(24(29)31-6)18-13-17(18)22(32-33(7,8)25(2,3)4)20(23(27)28)21(26)19(14)15/h11-12,17-18,20-22H,9-10,13H2,1-8H3,(H,27,28)/t17-,18+,20+,21+,22-,26+/m1/s1. The number of rotatable bonds is 5. The third-order valence-electron chi connectivity index (χ3n) is 9.08. The van der Waals surface area contributed by atoms with Crippen LogP contribution in [-0.2, 0) is 25.2 Å². The molecular weight excluding hydrogens is 436 g/mol. The van der Waals surface area contributed by atoms with Gasteiger partial charge in [-0.25, -0.2) is 0 Å². The zero-order valence-electron chi connectivity index (χ0n) is 21.2. The Kier molecular flexibility index (Phi) is 5.76. The minimum atomic E-state index is -2.23. The lowest BCUT2D eigenvalue weighted by Crippen LogP contribution is -2.58. The normalized spacial score (nSPS) is 32.8. The Balaban J connectivity index is 1.91. The van der Waals surface area contributed by atoms with Crippen LogP contribution in [-0.4, -0.2) is 45.7 Å². The molecule has 0 aromatic heterocycles. The zero-order chi connectivity index (χ0) is 24.5. The van der Waals surface area contributed by atoms with Gasteiger partial charge in [-0.1, -0.05) is 20.8 Å². The summed E-state index contributed by atoms with van der Waals surface area (Å²) in [6, 6.07) is 3.96. The van der Waals surface area contributed by atoms with E-state index in [0.717, 1.165) is 28.9 Å². The second-order valence-electron chi connectivity index (χ2n) is 11.7. The van der Waals surface area contributed by atoms with Crippen LogP contribution in [0.4, 0.5) is 0 Å². The SMILES string of the molecule is COC(=O)[C@]12CCc3cc(OC)cc(C)c3[C@H]1[C@H](C(=O)O)[C@H](O[Si](C)(C)C(C)(C)C)[C@@H]1C[C@@H]12. The number of hydrogen-bond donors (Lipinski definition) is 1. The summed E-state index contributed by atoms with van der Waals surface area (Å²) in [5.41, 5.74) is 2.21. The van der Waals surface area contributed by atoms with E-state index >= 15 is 0 Å². The van der Waals surface area contributed by atoms with Crippen molar-refractivity contribution in [2.45, 2.75) is 77.1 Å². The van der Waals surface area contributed by atoms with Crippen LogP contribution in [0.2, 0.25) is 18.1 Å². The number of benzene rings is 1. The Morgan fingerprint density at radius 2 is 1.85 bits per heavy atom. The fraction of sp³-hybridized carbons (Fsp3) is 0.692. The van der Waals surface area contributed by atoms with Crippen LogP contribution in [0.5, 0.6) is 5.75 Å². The van der Waals surface area contributed by atoms with Gasteiger partial charge in [0.15, 0.2) is 8.32 Å². The molecule has 0 radical (unpaired) electrons. The molecule has 1 N–H and O–H groups in total. The van der Waals surface area contributed by atoms with Crippen LogP contribution >= 0.6 is 0 Å². The Hall–Kier alpha value is -1.86. The fourth-order valence-corrected chi connectivity index (χ4v) is 7.79. The van der Waals surface area contributed by atoms with Gasteiger partial charge in [0.2, 0.25) is 0 Å². The van der Waals surface area contributed by atoms with E-state index in [-0.39, 0.29) is 22.8 Å². The van der Waals surface area contributed by atoms with Crippen LogP contribution in [0.15, 0.2) is 12.1 Å². The summed E-state index contributed by atoms with van der Waals surface area (Å²) in [6.07, 6.45) is 1.73. The predicted octanol–water partition coefficient (Wildman–Crippen LogP) is 4.93. The van der Waals surface area contributed by atoms with Gasteiger partial charge < -0.3 is 19.0 Å². The molecule has 0 aliphatic heterocycles. The molecule has 0 amide bonds. The van der Waals surface area contributed by atoms with Crippen molar-refractivity contribution in [3.05, 3.63) is 28.8 Å². The summed E-state index contributed by atoms with van der Waals surface area (Å²) in [7, 11) is 0.836. The number of hydrogen-bond acceptors (Lipinski definition) is 5. The molecule has 0 bridgehead atoms. The van der Waals surface area contributed by atoms with E-state index in [1.165, 1.54) is 7.11 Å². The highest BCUT2D eigenvalue weighted by Crippen LogP contribution is 2.71. The highest BCUT2D eigenvalue weighted by molar-refractivity contribution is 6.74. The van der Waals surface area contributed by atoms with Crippen molar-refractivity contribution in [3.63, 3.8) is 0 Å². The van der Waals surface area contributed by atoms with Crippen molar-refractivity contribution >= 4 is 20.3 Å². The summed E-state index contributed by atoms with van der Waals surface area (Å²) in [5, 5.41) is 10.6. The smallest absolute Gasteiger partial charge is 0.312 e. The van der Waals surface area contributed by atoms with Gasteiger partial charge in [0.1, 0.15) is 5.75 Å². The third kappa shape index (κ3) is 3.54. The number of aliphatic carboxylic acids is 1. The topological polar surface area (TPSA) is 82.1 Å². The number of esters is 1. The lowest BCUT2D eigenvalue weighted by atomic mass is 9.52. The molecule has 0 heterocycles. The van der Waals surface area contributed by atoms with Crippen LogP contribution in [0.3, 0.4) is 0 Å². The highest BCUT2D eigenvalue weighted by atomic mass is 28.4. The Labute approximate surface area is 198 Å². The number of methoxy groups -OCH3 is 2. The van der Waals surface area contributed by atoms with Gasteiger partial charge in [-0.3, -0.25) is 9.59 Å². The summed E-state index contributed by atoms with van der Waals surface area (Å²) in [5.74, 6) is -1.49. The average molecular weight is 475 g/mol. The highest BCUT2D eigenvalue weighted by Gasteiger charge is 2.73. The number of carboxylic acids is 1. The van der Waals surface area contributed by atoms with E-state index in [0.29, 0.717) is 12.8 Å². The van der Waals surface area contributed by atoms with Crippen molar-refractivity contribution < 1.29 is 28.6 Å². The molecule has 3 aliphatic carbocycles. The van der Waals surface area contributed by atoms with E-state index in [9.17, 15) is 14.7 Å². The van der Waals surface area contributed by atoms with Crippen molar-refractivity contribution in [3.8, 4) is 5.75 Å². The molecule has 3 aliphatic rings. The van der Waals surface area contributed by atoms with Gasteiger partial charge in [0.25, 0.3) is 0 Å². The second kappa shape index (κ2) is 7.84. The van der Waals surface area contributed by atoms with E-state index in [4.69, 9.17) is 13.9 Å². The van der Waals surface area contributed by atoms with Crippen molar-refractivity contribution in [1.29, 1.82) is 0 Å². The lowest BCUT2D eigenvalue weighted by molar-refractivity contribution is -0.169. The first-order chi connectivity index (χ1) is 15.3. The van der Waals surface area contributed by atoms with E-state index in [2.05, 4.69) is 33.9 Å². The molecule has 33 heavy (non-hydrogen) atoms. The maximum Gasteiger partial charge on any atom is 0.312 e. The number of carbonyl (C=O) groups excluding carboxylic acids is 1. The first-order valence-electron chi connectivity index (χ1n) is 12.0. The van der Waals surface area contributed by atoms with Gasteiger partial charge >= 0.3 is 11.9 Å². The Bertz CT molecular complexity index is 980. The summed E-state index contributed by atoms with van der Waals surface area (Å²) >= 11 is 0. The molecule has 7 heteroatoms. The largest absolute Gasteiger partial charge is 0.497 e. The number of carbonyl (C=O) groups is 2. The number of fused-ring (bicyclic) bond motifs is 5. The van der Waals surface area contributed by atoms with Crippen molar-refractivity contribution in [1.82, 2.24) is 0 Å². The van der Waals surface area contributed by atoms with E-state index in [1.54, 1.807) is 7.11 Å². The van der Waals surface area contributed by atoms with Gasteiger partial charge in [-0.15, -0.1) is 0 Å². The number of aryl methyl sites for hydroxylation is 2. The predicted molar refractivity (Wildman–Crippen MR) is 128 cm³/mol. The zero-order valence-corrected chi connectivity index (χ0v) is 22.2. The molecule has 0 spiro atoms. The molecule has 182 valence electrons. The monoisotopic (exact) mass is 474 g/mol. The maximum atomic E-state index is 13.5. The molecular formula is C26H38O6Si. The fourth-order valence-electron chi connectivity index (χ4n) is 6.43. The summed E-state index contributed by atoms with van der Waals surface area (Å²) in [6.45, 7) is 12.9. The third-order valence-corrected chi connectivity index (χ3v) is 13.6.